The number of amides is 1. The molecule has 0 saturated carbocycles. The third-order valence-corrected chi connectivity index (χ3v) is 5.70. The number of halogens is 1. The fourth-order valence-electron chi connectivity index (χ4n) is 2.33. The molecule has 1 saturated heterocycles. The average Bonchev–Trinajstić information content (AvgIpc) is 2.83. The van der Waals surface area contributed by atoms with Gasteiger partial charge in [-0.2, -0.15) is 0 Å². The van der Waals surface area contributed by atoms with Crippen LogP contribution in [0.2, 0.25) is 5.02 Å². The summed E-state index contributed by atoms with van der Waals surface area (Å²) in [7, 11) is -3.77. The molecule has 0 spiro atoms. The van der Waals surface area contributed by atoms with Crippen molar-refractivity contribution in [3.05, 3.63) is 29.3 Å². The van der Waals surface area contributed by atoms with Crippen LogP contribution in [0.5, 0.6) is 0 Å². The van der Waals surface area contributed by atoms with E-state index in [9.17, 15) is 18.0 Å². The van der Waals surface area contributed by atoms with E-state index in [0.29, 0.717) is 11.4 Å². The van der Waals surface area contributed by atoms with Crippen molar-refractivity contribution in [2.75, 3.05) is 18.8 Å². The van der Waals surface area contributed by atoms with E-state index in [1.807, 2.05) is 0 Å². The third kappa shape index (κ3) is 3.41. The molecule has 1 amide bonds. The number of carboxylic acids is 1. The number of benzene rings is 1. The lowest BCUT2D eigenvalue weighted by atomic mass is 9.90. The molecule has 2 rings (SSSR count). The van der Waals surface area contributed by atoms with E-state index < -0.39 is 32.9 Å². The van der Waals surface area contributed by atoms with Gasteiger partial charge in [0.2, 0.25) is 5.91 Å². The second-order valence-corrected chi connectivity index (χ2v) is 8.07. The highest BCUT2D eigenvalue weighted by atomic mass is 35.5. The fourth-order valence-corrected chi connectivity index (χ4v) is 3.68. The first-order valence-corrected chi connectivity index (χ1v) is 8.67. The van der Waals surface area contributed by atoms with Crippen LogP contribution in [0.1, 0.15) is 13.3 Å². The van der Waals surface area contributed by atoms with Gasteiger partial charge in [0.1, 0.15) is 5.75 Å². The molecule has 0 aliphatic carbocycles. The number of rotatable bonds is 4. The summed E-state index contributed by atoms with van der Waals surface area (Å²) in [6.45, 7) is 1.82. The largest absolute Gasteiger partial charge is 0.481 e. The molecule has 1 aromatic carbocycles. The Kier molecular flexibility index (Phi) is 4.49. The Bertz CT molecular complexity index is 700. The average molecular weight is 346 g/mol. The van der Waals surface area contributed by atoms with E-state index >= 15 is 0 Å². The van der Waals surface area contributed by atoms with E-state index in [0.717, 1.165) is 0 Å². The Morgan fingerprint density at radius 3 is 2.41 bits per heavy atom. The van der Waals surface area contributed by atoms with Crippen molar-refractivity contribution in [1.29, 1.82) is 0 Å². The fraction of sp³-hybridized carbons (Fsp3) is 0.429. The summed E-state index contributed by atoms with van der Waals surface area (Å²) in [5.41, 5.74) is -1.01. The lowest BCUT2D eigenvalue weighted by Crippen LogP contribution is -2.37. The van der Waals surface area contributed by atoms with E-state index in [2.05, 4.69) is 0 Å². The molecule has 22 heavy (non-hydrogen) atoms. The number of carbonyl (C=O) groups is 2. The van der Waals surface area contributed by atoms with Crippen LogP contribution in [0.4, 0.5) is 0 Å². The topological polar surface area (TPSA) is 91.8 Å². The van der Waals surface area contributed by atoms with Crippen molar-refractivity contribution in [2.45, 2.75) is 18.2 Å². The number of hydrogen-bond acceptors (Lipinski definition) is 4. The Labute approximate surface area is 133 Å². The number of sulfone groups is 1. The predicted octanol–water partition coefficient (Wildman–Crippen LogP) is 1.44. The normalized spacial score (nSPS) is 21.8. The molecule has 1 heterocycles. The molecule has 0 bridgehead atoms. The molecule has 1 aromatic rings. The zero-order chi connectivity index (χ0) is 16.5. The summed E-state index contributed by atoms with van der Waals surface area (Å²) in [5, 5.41) is 9.54. The molecule has 1 aliphatic heterocycles. The van der Waals surface area contributed by atoms with Gasteiger partial charge in [0.25, 0.3) is 0 Å². The molecule has 0 radical (unpaired) electrons. The van der Waals surface area contributed by atoms with Gasteiger partial charge in [0.05, 0.1) is 10.3 Å². The minimum absolute atomic E-state index is 0.0189. The Balaban J connectivity index is 2.09. The standard InChI is InChI=1S/C14H16ClNO5S/c1-14(13(18)19)6-7-16(9-14)12(17)8-22(20,21)11-4-2-10(15)3-5-11/h2-5H,6-9H2,1H3,(H,18,19)/t14-/m1/s1. The Morgan fingerprint density at radius 2 is 1.91 bits per heavy atom. The van der Waals surface area contributed by atoms with Gasteiger partial charge >= 0.3 is 5.97 Å². The number of carboxylic acid groups (broad SMARTS) is 1. The first-order valence-electron chi connectivity index (χ1n) is 6.64. The van der Waals surface area contributed by atoms with Gasteiger partial charge in [0.15, 0.2) is 9.84 Å². The smallest absolute Gasteiger partial charge is 0.311 e. The van der Waals surface area contributed by atoms with Crippen LogP contribution in [0.25, 0.3) is 0 Å². The summed E-state index contributed by atoms with van der Waals surface area (Å²) in [4.78, 5) is 24.6. The Morgan fingerprint density at radius 1 is 1.32 bits per heavy atom. The van der Waals surface area contributed by atoms with Gasteiger partial charge in [-0.05, 0) is 37.6 Å². The van der Waals surface area contributed by atoms with Crippen molar-refractivity contribution in [1.82, 2.24) is 4.90 Å². The molecule has 0 unspecified atom stereocenters. The van der Waals surface area contributed by atoms with E-state index in [-0.39, 0.29) is 18.0 Å². The summed E-state index contributed by atoms with van der Waals surface area (Å²) >= 11 is 5.71. The highest BCUT2D eigenvalue weighted by Gasteiger charge is 2.42. The van der Waals surface area contributed by atoms with Crippen molar-refractivity contribution in [3.8, 4) is 0 Å². The van der Waals surface area contributed by atoms with E-state index in [1.165, 1.54) is 29.2 Å². The highest BCUT2D eigenvalue weighted by molar-refractivity contribution is 7.92. The molecule has 1 fully saturated rings. The van der Waals surface area contributed by atoms with Crippen molar-refractivity contribution in [3.63, 3.8) is 0 Å². The predicted molar refractivity (Wildman–Crippen MR) is 80.4 cm³/mol. The van der Waals surface area contributed by atoms with Crippen LogP contribution in [0, 0.1) is 5.41 Å². The molecular weight excluding hydrogens is 330 g/mol. The summed E-state index contributed by atoms with van der Waals surface area (Å²) in [6.07, 6.45) is 0.315. The Hall–Kier alpha value is -1.60. The maximum absolute atomic E-state index is 12.2. The van der Waals surface area contributed by atoms with Crippen LogP contribution in [0.3, 0.4) is 0 Å². The van der Waals surface area contributed by atoms with Gasteiger partial charge in [-0.1, -0.05) is 11.6 Å². The van der Waals surface area contributed by atoms with Crippen LogP contribution in [-0.2, 0) is 19.4 Å². The first kappa shape index (κ1) is 16.8. The van der Waals surface area contributed by atoms with Crippen molar-refractivity contribution in [2.24, 2.45) is 5.41 Å². The highest BCUT2D eigenvalue weighted by Crippen LogP contribution is 2.30. The van der Waals surface area contributed by atoms with Crippen LogP contribution in [-0.4, -0.2) is 49.1 Å². The van der Waals surface area contributed by atoms with E-state index in [1.54, 1.807) is 6.92 Å². The maximum Gasteiger partial charge on any atom is 0.311 e. The van der Waals surface area contributed by atoms with Gasteiger partial charge in [0, 0.05) is 18.1 Å². The molecule has 1 aliphatic rings. The van der Waals surface area contributed by atoms with Gasteiger partial charge in [-0.25, -0.2) is 8.42 Å². The monoisotopic (exact) mass is 345 g/mol. The maximum atomic E-state index is 12.2. The number of nitrogens with zero attached hydrogens (tertiary/aromatic N) is 1. The second kappa shape index (κ2) is 5.89. The lowest BCUT2D eigenvalue weighted by molar-refractivity contribution is -0.147. The van der Waals surface area contributed by atoms with Crippen LogP contribution < -0.4 is 0 Å². The quantitative estimate of drug-likeness (QED) is 0.891. The van der Waals surface area contributed by atoms with Gasteiger partial charge in [-0.15, -0.1) is 0 Å². The molecular formula is C14H16ClNO5S. The van der Waals surface area contributed by atoms with Crippen LogP contribution >= 0.6 is 11.6 Å². The molecule has 0 aromatic heterocycles. The molecule has 1 N–H and O–H groups in total. The number of carbonyl (C=O) groups excluding carboxylic acids is 1. The third-order valence-electron chi connectivity index (χ3n) is 3.83. The van der Waals surface area contributed by atoms with Gasteiger partial charge < -0.3 is 10.0 Å². The lowest BCUT2D eigenvalue weighted by Gasteiger charge is -2.20. The van der Waals surface area contributed by atoms with E-state index in [4.69, 9.17) is 16.7 Å². The minimum Gasteiger partial charge on any atom is -0.481 e. The zero-order valence-corrected chi connectivity index (χ0v) is 13.5. The second-order valence-electron chi connectivity index (χ2n) is 5.64. The SMILES string of the molecule is C[C@@]1(C(=O)O)CCN(C(=O)CS(=O)(=O)c2ccc(Cl)cc2)C1. The van der Waals surface area contributed by atoms with Crippen LogP contribution in [0.15, 0.2) is 29.2 Å². The number of hydrogen-bond donors (Lipinski definition) is 1. The van der Waals surface area contributed by atoms with Crippen molar-refractivity contribution < 1.29 is 23.1 Å². The van der Waals surface area contributed by atoms with Gasteiger partial charge in [-0.3, -0.25) is 9.59 Å². The molecule has 120 valence electrons. The summed E-state index contributed by atoms with van der Waals surface area (Å²) in [5.74, 6) is -2.24. The summed E-state index contributed by atoms with van der Waals surface area (Å²) in [6, 6.07) is 5.57. The first-order chi connectivity index (χ1) is 10.1. The zero-order valence-electron chi connectivity index (χ0n) is 12.0. The molecule has 6 nitrogen and oxygen atoms in total. The minimum atomic E-state index is -3.77. The molecule has 8 heteroatoms. The number of likely N-dealkylation sites (tertiary alicyclic amines) is 1. The summed E-state index contributed by atoms with van der Waals surface area (Å²) < 4.78 is 24.4. The number of aliphatic carboxylic acids is 1. The van der Waals surface area contributed by atoms with Crippen molar-refractivity contribution >= 4 is 33.3 Å². The molecule has 1 atom stereocenters.